The normalized spacial score (nSPS) is 13.4. The Morgan fingerprint density at radius 3 is 1.77 bits per heavy atom. The molecule has 1 aromatic heterocycles. The molecule has 0 spiro atoms. The minimum absolute atomic E-state index is 0.274. The SMILES string of the molecule is C1=CCC(c2cc(-c3ccccc3)cc(N(c3ccc(-c4ccc(-c5cccc6ccccc56)cc4)cc3)c3cccc(-c4cccc5c4c4ccc6ccccc6c4n5-c4ccccc4)c3)c2)C=C1. The maximum atomic E-state index is 2.46. The fourth-order valence-corrected chi connectivity index (χ4v) is 10.9. The molecule has 13 rings (SSSR count). The third-order valence-corrected chi connectivity index (χ3v) is 14.3. The molecule has 11 aromatic carbocycles. The van der Waals surface area contributed by atoms with E-state index < -0.39 is 0 Å². The first-order valence-electron chi connectivity index (χ1n) is 24.4. The molecule has 1 aliphatic carbocycles. The standard InChI is InChI=1S/C68H48N2/c1-4-17-47(18-5-1)55-43-56(48-19-6-2-7-20-48)46-60(45-55)69(58-40-37-50(38-41-58)49-33-35-53(36-34-49)62-30-15-23-51-21-10-12-28-61(51)62)59-27-14-24-54(44-59)63-31-16-32-66-67(63)65-42-39-52-22-11-13-29-64(52)68(65)70(66)57-25-8-3-9-26-57/h1-19,21-46,48H,20H2. The van der Waals surface area contributed by atoms with Gasteiger partial charge in [0.25, 0.3) is 0 Å². The van der Waals surface area contributed by atoms with Gasteiger partial charge in [0.15, 0.2) is 0 Å². The number of anilines is 3. The first-order chi connectivity index (χ1) is 34.7. The molecule has 1 unspecified atom stereocenters. The molecular formula is C68H48N2. The lowest BCUT2D eigenvalue weighted by molar-refractivity contribution is 0.854. The van der Waals surface area contributed by atoms with Crippen LogP contribution in [0.1, 0.15) is 17.9 Å². The zero-order valence-electron chi connectivity index (χ0n) is 38.7. The Bertz CT molecular complexity index is 3950. The van der Waals surface area contributed by atoms with Gasteiger partial charge in [0.1, 0.15) is 0 Å². The summed E-state index contributed by atoms with van der Waals surface area (Å²) in [5, 5.41) is 7.49. The van der Waals surface area contributed by atoms with Gasteiger partial charge < -0.3 is 9.47 Å². The maximum absolute atomic E-state index is 2.46. The first kappa shape index (κ1) is 41.2. The van der Waals surface area contributed by atoms with Gasteiger partial charge >= 0.3 is 0 Å². The number of rotatable bonds is 9. The van der Waals surface area contributed by atoms with Crippen LogP contribution in [0.3, 0.4) is 0 Å². The summed E-state index contributed by atoms with van der Waals surface area (Å²) < 4.78 is 2.46. The summed E-state index contributed by atoms with van der Waals surface area (Å²) in [5.74, 6) is 0.274. The van der Waals surface area contributed by atoms with E-state index in [0.29, 0.717) is 0 Å². The second-order valence-corrected chi connectivity index (χ2v) is 18.4. The lowest BCUT2D eigenvalue weighted by Gasteiger charge is -2.28. The molecule has 2 nitrogen and oxygen atoms in total. The summed E-state index contributed by atoms with van der Waals surface area (Å²) in [4.78, 5) is 2.45. The molecule has 0 bridgehead atoms. The summed E-state index contributed by atoms with van der Waals surface area (Å²) in [6, 6.07) is 91.5. The van der Waals surface area contributed by atoms with E-state index in [-0.39, 0.29) is 5.92 Å². The van der Waals surface area contributed by atoms with E-state index in [1.807, 2.05) is 0 Å². The largest absolute Gasteiger partial charge is 0.310 e. The maximum Gasteiger partial charge on any atom is 0.0619 e. The molecule has 12 aromatic rings. The number of hydrogen-bond donors (Lipinski definition) is 0. The van der Waals surface area contributed by atoms with Crippen molar-refractivity contribution in [2.45, 2.75) is 12.3 Å². The van der Waals surface area contributed by atoms with Gasteiger partial charge in [-0.25, -0.2) is 0 Å². The van der Waals surface area contributed by atoms with Gasteiger partial charge in [-0.2, -0.15) is 0 Å². The highest BCUT2D eigenvalue weighted by Gasteiger charge is 2.22. The average molecular weight is 893 g/mol. The number of nitrogens with zero attached hydrogens (tertiary/aromatic N) is 2. The van der Waals surface area contributed by atoms with Gasteiger partial charge in [0.2, 0.25) is 0 Å². The second-order valence-electron chi connectivity index (χ2n) is 18.4. The average Bonchev–Trinajstić information content (AvgIpc) is 3.79. The number of benzene rings is 11. The highest BCUT2D eigenvalue weighted by Crippen LogP contribution is 2.45. The lowest BCUT2D eigenvalue weighted by Crippen LogP contribution is -2.11. The summed E-state index contributed by atoms with van der Waals surface area (Å²) in [5.41, 5.74) is 17.8. The molecule has 330 valence electrons. The van der Waals surface area contributed by atoms with Crippen molar-refractivity contribution in [3.8, 4) is 50.2 Å². The second kappa shape index (κ2) is 17.6. The van der Waals surface area contributed by atoms with Gasteiger partial charge in [-0.1, -0.05) is 218 Å². The van der Waals surface area contributed by atoms with E-state index in [9.17, 15) is 0 Å². The van der Waals surface area contributed by atoms with Crippen LogP contribution in [-0.2, 0) is 0 Å². The van der Waals surface area contributed by atoms with Crippen LogP contribution in [0.25, 0.3) is 93.5 Å². The van der Waals surface area contributed by atoms with Crippen LogP contribution < -0.4 is 4.90 Å². The summed E-state index contributed by atoms with van der Waals surface area (Å²) in [6.07, 6.45) is 9.94. The van der Waals surface area contributed by atoms with Crippen molar-refractivity contribution in [1.29, 1.82) is 0 Å². The van der Waals surface area contributed by atoms with Crippen LogP contribution in [0.15, 0.2) is 273 Å². The molecule has 2 heteroatoms. The number of para-hydroxylation sites is 1. The predicted molar refractivity (Wildman–Crippen MR) is 298 cm³/mol. The monoisotopic (exact) mass is 892 g/mol. The smallest absolute Gasteiger partial charge is 0.0619 e. The third kappa shape index (κ3) is 7.39. The van der Waals surface area contributed by atoms with Crippen LogP contribution in [0.4, 0.5) is 17.1 Å². The molecule has 0 saturated carbocycles. The van der Waals surface area contributed by atoms with Crippen LogP contribution in [-0.4, -0.2) is 4.57 Å². The number of aromatic nitrogens is 1. The Hall–Kier alpha value is -8.98. The van der Waals surface area contributed by atoms with Crippen LogP contribution in [0.2, 0.25) is 0 Å². The van der Waals surface area contributed by atoms with Crippen molar-refractivity contribution in [2.24, 2.45) is 0 Å². The fraction of sp³-hybridized carbons (Fsp3) is 0.0294. The van der Waals surface area contributed by atoms with E-state index in [0.717, 1.165) is 34.7 Å². The summed E-state index contributed by atoms with van der Waals surface area (Å²) >= 11 is 0. The van der Waals surface area contributed by atoms with Gasteiger partial charge in [-0.3, -0.25) is 0 Å². The van der Waals surface area contributed by atoms with Crippen molar-refractivity contribution < 1.29 is 0 Å². The Labute approximate surface area is 409 Å². The van der Waals surface area contributed by atoms with Crippen molar-refractivity contribution in [1.82, 2.24) is 4.57 Å². The molecule has 0 radical (unpaired) electrons. The number of hydrogen-bond acceptors (Lipinski definition) is 1. The molecule has 70 heavy (non-hydrogen) atoms. The minimum Gasteiger partial charge on any atom is -0.310 e. The Morgan fingerprint density at radius 1 is 0.371 bits per heavy atom. The zero-order chi connectivity index (χ0) is 46.4. The molecule has 0 saturated heterocycles. The van der Waals surface area contributed by atoms with Gasteiger partial charge in [0.05, 0.1) is 11.0 Å². The van der Waals surface area contributed by atoms with Gasteiger partial charge in [-0.05, 0) is 127 Å². The van der Waals surface area contributed by atoms with E-state index in [4.69, 9.17) is 0 Å². The van der Waals surface area contributed by atoms with Crippen LogP contribution in [0, 0.1) is 0 Å². The van der Waals surface area contributed by atoms with Crippen molar-refractivity contribution in [2.75, 3.05) is 4.90 Å². The van der Waals surface area contributed by atoms with Crippen molar-refractivity contribution in [3.05, 3.63) is 279 Å². The molecule has 0 amide bonds. The topological polar surface area (TPSA) is 8.17 Å². The highest BCUT2D eigenvalue weighted by atomic mass is 15.1. The molecule has 0 aliphatic heterocycles. The fourth-order valence-electron chi connectivity index (χ4n) is 10.9. The van der Waals surface area contributed by atoms with E-state index >= 15 is 0 Å². The first-order valence-corrected chi connectivity index (χ1v) is 24.4. The number of fused-ring (bicyclic) bond motifs is 6. The van der Waals surface area contributed by atoms with Crippen LogP contribution in [0.5, 0.6) is 0 Å². The molecule has 1 atom stereocenters. The van der Waals surface area contributed by atoms with Crippen molar-refractivity contribution >= 4 is 60.4 Å². The Kier molecular flexibility index (Phi) is 10.4. The molecule has 1 aliphatic rings. The van der Waals surface area contributed by atoms with E-state index in [2.05, 4.69) is 282 Å². The number of allylic oxidation sites excluding steroid dienone is 4. The molecular weight excluding hydrogens is 845 g/mol. The van der Waals surface area contributed by atoms with Gasteiger partial charge in [-0.15, -0.1) is 0 Å². The van der Waals surface area contributed by atoms with Gasteiger partial charge in [0, 0.05) is 44.8 Å². The quantitative estimate of drug-likeness (QED) is 0.140. The summed E-state index contributed by atoms with van der Waals surface area (Å²) in [6.45, 7) is 0. The molecule has 0 N–H and O–H groups in total. The van der Waals surface area contributed by atoms with E-state index in [1.165, 1.54) is 87.9 Å². The van der Waals surface area contributed by atoms with E-state index in [1.54, 1.807) is 0 Å². The van der Waals surface area contributed by atoms with Crippen LogP contribution >= 0.6 is 0 Å². The summed E-state index contributed by atoms with van der Waals surface area (Å²) in [7, 11) is 0. The Morgan fingerprint density at radius 2 is 0.986 bits per heavy atom. The zero-order valence-corrected chi connectivity index (χ0v) is 38.7. The lowest BCUT2D eigenvalue weighted by atomic mass is 9.89. The highest BCUT2D eigenvalue weighted by molar-refractivity contribution is 6.22. The third-order valence-electron chi connectivity index (χ3n) is 14.3. The molecule has 0 fully saturated rings. The Balaban J connectivity index is 0.968. The van der Waals surface area contributed by atoms with Crippen molar-refractivity contribution in [3.63, 3.8) is 0 Å². The predicted octanol–water partition coefficient (Wildman–Crippen LogP) is 18.8. The minimum atomic E-state index is 0.274. The molecule has 1 heterocycles.